The van der Waals surface area contributed by atoms with Crippen molar-refractivity contribution in [2.24, 2.45) is 11.1 Å². The van der Waals surface area contributed by atoms with E-state index in [1.807, 2.05) is 13.1 Å². The molecule has 0 aliphatic heterocycles. The Morgan fingerprint density at radius 1 is 1.65 bits per heavy atom. The summed E-state index contributed by atoms with van der Waals surface area (Å²) in [7, 11) is 0. The number of carbonyl (C=O) groups is 1. The second-order valence-electron chi connectivity index (χ2n) is 4.86. The van der Waals surface area contributed by atoms with Crippen LogP contribution in [-0.4, -0.2) is 17.4 Å². The second kappa shape index (κ2) is 5.14. The van der Waals surface area contributed by atoms with Crippen molar-refractivity contribution < 1.29 is 4.79 Å². The number of amides is 1. The van der Waals surface area contributed by atoms with Crippen LogP contribution in [0.4, 0.5) is 0 Å². The minimum atomic E-state index is 0.0910. The molecule has 94 valence electrons. The van der Waals surface area contributed by atoms with Gasteiger partial charge in [-0.1, -0.05) is 6.42 Å². The lowest BCUT2D eigenvalue weighted by Crippen LogP contribution is -2.41. The maximum absolute atomic E-state index is 11.8. The smallest absolute Gasteiger partial charge is 0.220 e. The van der Waals surface area contributed by atoms with Crippen LogP contribution in [-0.2, 0) is 11.3 Å². The maximum atomic E-state index is 11.8. The number of aromatic nitrogens is 1. The molecule has 0 saturated heterocycles. The third-order valence-electron chi connectivity index (χ3n) is 3.51. The molecule has 1 heterocycles. The Bertz CT molecular complexity index is 393. The molecule has 0 bridgehead atoms. The summed E-state index contributed by atoms with van der Waals surface area (Å²) in [6, 6.07) is 0. The predicted octanol–water partition coefficient (Wildman–Crippen LogP) is 1.59. The van der Waals surface area contributed by atoms with Gasteiger partial charge in [0.1, 0.15) is 0 Å². The largest absolute Gasteiger partial charge is 0.351 e. The van der Waals surface area contributed by atoms with Gasteiger partial charge in [-0.15, -0.1) is 11.3 Å². The molecule has 1 aromatic heterocycles. The molecule has 0 radical (unpaired) electrons. The van der Waals surface area contributed by atoms with Gasteiger partial charge in [0.15, 0.2) is 0 Å². The number of nitrogens with two attached hydrogens (primary N) is 1. The molecule has 4 nitrogen and oxygen atoms in total. The quantitative estimate of drug-likeness (QED) is 0.837. The summed E-state index contributed by atoms with van der Waals surface area (Å²) < 4.78 is 0. The van der Waals surface area contributed by atoms with Crippen molar-refractivity contribution in [3.8, 4) is 0 Å². The first kappa shape index (κ1) is 12.5. The highest BCUT2D eigenvalue weighted by Gasteiger charge is 2.37. The average Bonchev–Trinajstić information content (AvgIpc) is 2.67. The highest BCUT2D eigenvalue weighted by Crippen LogP contribution is 2.42. The zero-order valence-corrected chi connectivity index (χ0v) is 11.0. The SMILES string of the molecule is Cc1ncc(CNC(=O)CC2(CN)CCC2)s1. The lowest BCUT2D eigenvalue weighted by Gasteiger charge is -2.40. The number of nitrogens with zero attached hydrogens (tertiary/aromatic N) is 1. The molecular formula is C12H19N3OS. The molecule has 1 aromatic rings. The third-order valence-corrected chi connectivity index (χ3v) is 4.42. The molecule has 5 heteroatoms. The van der Waals surface area contributed by atoms with Crippen LogP contribution < -0.4 is 11.1 Å². The predicted molar refractivity (Wildman–Crippen MR) is 68.7 cm³/mol. The Morgan fingerprint density at radius 3 is 2.88 bits per heavy atom. The van der Waals surface area contributed by atoms with Gasteiger partial charge in [-0.2, -0.15) is 0 Å². The summed E-state index contributed by atoms with van der Waals surface area (Å²) in [6.45, 7) is 3.18. The minimum Gasteiger partial charge on any atom is -0.351 e. The van der Waals surface area contributed by atoms with Crippen molar-refractivity contribution in [1.29, 1.82) is 0 Å². The van der Waals surface area contributed by atoms with Crippen LogP contribution in [0.3, 0.4) is 0 Å². The molecular weight excluding hydrogens is 234 g/mol. The number of nitrogens with one attached hydrogen (secondary N) is 1. The van der Waals surface area contributed by atoms with Crippen LogP contribution in [0.25, 0.3) is 0 Å². The van der Waals surface area contributed by atoms with E-state index in [-0.39, 0.29) is 11.3 Å². The van der Waals surface area contributed by atoms with Gasteiger partial charge in [-0.25, -0.2) is 4.98 Å². The van der Waals surface area contributed by atoms with Gasteiger partial charge in [-0.05, 0) is 31.7 Å². The zero-order chi connectivity index (χ0) is 12.3. The Morgan fingerprint density at radius 2 is 2.41 bits per heavy atom. The fourth-order valence-electron chi connectivity index (χ4n) is 2.21. The lowest BCUT2D eigenvalue weighted by atomic mass is 9.66. The van der Waals surface area contributed by atoms with Crippen LogP contribution in [0.5, 0.6) is 0 Å². The Kier molecular flexibility index (Phi) is 3.79. The van der Waals surface area contributed by atoms with E-state index < -0.39 is 0 Å². The Hall–Kier alpha value is -0.940. The van der Waals surface area contributed by atoms with Gasteiger partial charge in [0.2, 0.25) is 5.91 Å². The van der Waals surface area contributed by atoms with E-state index in [0.29, 0.717) is 19.5 Å². The van der Waals surface area contributed by atoms with Crippen LogP contribution in [0, 0.1) is 12.3 Å². The summed E-state index contributed by atoms with van der Waals surface area (Å²) >= 11 is 1.62. The lowest BCUT2D eigenvalue weighted by molar-refractivity contribution is -0.124. The normalized spacial score (nSPS) is 17.5. The van der Waals surface area contributed by atoms with E-state index >= 15 is 0 Å². The molecule has 17 heavy (non-hydrogen) atoms. The first-order valence-electron chi connectivity index (χ1n) is 6.02. The molecule has 0 spiro atoms. The number of carbonyl (C=O) groups excluding carboxylic acids is 1. The number of hydrogen-bond donors (Lipinski definition) is 2. The number of thiazole rings is 1. The minimum absolute atomic E-state index is 0.0910. The van der Waals surface area contributed by atoms with Crippen LogP contribution in [0.1, 0.15) is 35.6 Å². The van der Waals surface area contributed by atoms with Crippen molar-refractivity contribution in [3.05, 3.63) is 16.1 Å². The highest BCUT2D eigenvalue weighted by atomic mass is 32.1. The van der Waals surface area contributed by atoms with E-state index in [1.165, 1.54) is 6.42 Å². The summed E-state index contributed by atoms with van der Waals surface area (Å²) in [5, 5.41) is 3.98. The van der Waals surface area contributed by atoms with Crippen molar-refractivity contribution in [2.75, 3.05) is 6.54 Å². The van der Waals surface area contributed by atoms with E-state index in [1.54, 1.807) is 11.3 Å². The third kappa shape index (κ3) is 3.04. The van der Waals surface area contributed by atoms with Crippen LogP contribution in [0.2, 0.25) is 0 Å². The van der Waals surface area contributed by atoms with Gasteiger partial charge in [0, 0.05) is 17.5 Å². The Labute approximate surface area is 106 Å². The van der Waals surface area contributed by atoms with Gasteiger partial charge in [0.05, 0.1) is 11.6 Å². The maximum Gasteiger partial charge on any atom is 0.220 e. The number of hydrogen-bond acceptors (Lipinski definition) is 4. The summed E-state index contributed by atoms with van der Waals surface area (Å²) in [6.07, 6.45) is 5.79. The first-order chi connectivity index (χ1) is 8.13. The summed E-state index contributed by atoms with van der Waals surface area (Å²) in [5.41, 5.74) is 5.83. The topological polar surface area (TPSA) is 68.0 Å². The Balaban J connectivity index is 1.77. The molecule has 1 saturated carbocycles. The summed E-state index contributed by atoms with van der Waals surface area (Å²) in [4.78, 5) is 17.1. The zero-order valence-electron chi connectivity index (χ0n) is 10.2. The van der Waals surface area contributed by atoms with Crippen LogP contribution >= 0.6 is 11.3 Å². The van der Waals surface area contributed by atoms with E-state index in [9.17, 15) is 4.79 Å². The molecule has 0 unspecified atom stereocenters. The monoisotopic (exact) mass is 253 g/mol. The first-order valence-corrected chi connectivity index (χ1v) is 6.83. The molecule has 2 rings (SSSR count). The van der Waals surface area contributed by atoms with E-state index in [2.05, 4.69) is 10.3 Å². The van der Waals surface area contributed by atoms with Crippen molar-refractivity contribution in [3.63, 3.8) is 0 Å². The summed E-state index contributed by atoms with van der Waals surface area (Å²) in [5.74, 6) is 0.112. The fourth-order valence-corrected chi connectivity index (χ4v) is 2.94. The standard InChI is InChI=1S/C12H19N3OS/c1-9-14-6-10(17-9)7-15-11(16)5-12(8-13)3-2-4-12/h6H,2-5,7-8,13H2,1H3,(H,15,16). The van der Waals surface area contributed by atoms with Gasteiger partial charge in [0.25, 0.3) is 0 Å². The number of rotatable bonds is 5. The molecule has 1 aliphatic rings. The van der Waals surface area contributed by atoms with Crippen molar-refractivity contribution in [1.82, 2.24) is 10.3 Å². The molecule has 1 amide bonds. The number of aryl methyl sites for hydroxylation is 1. The van der Waals surface area contributed by atoms with Gasteiger partial charge in [-0.3, -0.25) is 4.79 Å². The van der Waals surface area contributed by atoms with E-state index in [4.69, 9.17) is 5.73 Å². The van der Waals surface area contributed by atoms with Crippen molar-refractivity contribution in [2.45, 2.75) is 39.2 Å². The van der Waals surface area contributed by atoms with Crippen molar-refractivity contribution >= 4 is 17.2 Å². The molecule has 0 atom stereocenters. The van der Waals surface area contributed by atoms with E-state index in [0.717, 1.165) is 22.7 Å². The average molecular weight is 253 g/mol. The fraction of sp³-hybridized carbons (Fsp3) is 0.667. The molecule has 1 fully saturated rings. The van der Waals surface area contributed by atoms with Gasteiger partial charge < -0.3 is 11.1 Å². The highest BCUT2D eigenvalue weighted by molar-refractivity contribution is 7.11. The van der Waals surface area contributed by atoms with Gasteiger partial charge >= 0.3 is 0 Å². The van der Waals surface area contributed by atoms with Crippen LogP contribution in [0.15, 0.2) is 6.20 Å². The molecule has 3 N–H and O–H groups in total. The molecule has 0 aromatic carbocycles. The molecule has 1 aliphatic carbocycles. The second-order valence-corrected chi connectivity index (χ2v) is 6.18.